The minimum atomic E-state index is 0.686. The van der Waals surface area contributed by atoms with Gasteiger partial charge in [0, 0.05) is 6.42 Å². The molecule has 0 amide bonds. The van der Waals surface area contributed by atoms with Crippen molar-refractivity contribution >= 4 is 0 Å². The van der Waals surface area contributed by atoms with E-state index in [4.69, 9.17) is 5.26 Å². The Morgan fingerprint density at radius 3 is 2.25 bits per heavy atom. The molecule has 0 heterocycles. The van der Waals surface area contributed by atoms with Crippen molar-refractivity contribution in [2.45, 2.75) is 46.0 Å². The number of nitrogens with zero attached hydrogens (tertiary/aromatic N) is 1. The summed E-state index contributed by atoms with van der Waals surface area (Å²) in [5, 5.41) is 8.43. The number of aryl methyl sites for hydroxylation is 1. The fourth-order valence-corrected chi connectivity index (χ4v) is 1.85. The van der Waals surface area contributed by atoms with Crippen molar-refractivity contribution in [1.29, 1.82) is 5.26 Å². The quantitative estimate of drug-likeness (QED) is 0.655. The standard InChI is InChI=1S/C15H21N/c1-13(2)12-15-9-7-14(8-10-15)6-4-3-5-11-16/h7-10,13H,3-6,12H2,1-2H3. The van der Waals surface area contributed by atoms with Crippen LogP contribution in [0.5, 0.6) is 0 Å². The van der Waals surface area contributed by atoms with Gasteiger partial charge in [-0.1, -0.05) is 38.1 Å². The topological polar surface area (TPSA) is 23.8 Å². The summed E-state index contributed by atoms with van der Waals surface area (Å²) in [4.78, 5) is 0. The van der Waals surface area contributed by atoms with Crippen LogP contribution < -0.4 is 0 Å². The van der Waals surface area contributed by atoms with Crippen molar-refractivity contribution < 1.29 is 0 Å². The van der Waals surface area contributed by atoms with Gasteiger partial charge in [-0.05, 0) is 42.7 Å². The van der Waals surface area contributed by atoms with Crippen LogP contribution in [0.3, 0.4) is 0 Å². The number of rotatable bonds is 6. The zero-order chi connectivity index (χ0) is 11.8. The summed E-state index contributed by atoms with van der Waals surface area (Å²) in [7, 11) is 0. The molecule has 86 valence electrons. The molecule has 0 fully saturated rings. The van der Waals surface area contributed by atoms with Gasteiger partial charge in [0.15, 0.2) is 0 Å². The molecular weight excluding hydrogens is 194 g/mol. The predicted molar refractivity (Wildman–Crippen MR) is 68.2 cm³/mol. The maximum absolute atomic E-state index is 8.43. The van der Waals surface area contributed by atoms with Crippen molar-refractivity contribution in [2.24, 2.45) is 5.92 Å². The third-order valence-electron chi connectivity index (χ3n) is 2.67. The second kappa shape index (κ2) is 7.06. The van der Waals surface area contributed by atoms with Gasteiger partial charge in [-0.15, -0.1) is 0 Å². The van der Waals surface area contributed by atoms with Crippen LogP contribution in [0.15, 0.2) is 24.3 Å². The fraction of sp³-hybridized carbons (Fsp3) is 0.533. The van der Waals surface area contributed by atoms with Gasteiger partial charge in [0.05, 0.1) is 6.07 Å². The molecule has 0 bridgehead atoms. The van der Waals surface area contributed by atoms with Crippen LogP contribution in [0.4, 0.5) is 0 Å². The third kappa shape index (κ3) is 4.98. The highest BCUT2D eigenvalue weighted by Crippen LogP contribution is 2.12. The van der Waals surface area contributed by atoms with Crippen molar-refractivity contribution in [3.8, 4) is 6.07 Å². The maximum atomic E-state index is 8.43. The normalized spacial score (nSPS) is 10.4. The van der Waals surface area contributed by atoms with Gasteiger partial charge in [0.25, 0.3) is 0 Å². The minimum Gasteiger partial charge on any atom is -0.198 e. The summed E-state index contributed by atoms with van der Waals surface area (Å²) in [5.74, 6) is 0.724. The molecule has 16 heavy (non-hydrogen) atoms. The van der Waals surface area contributed by atoms with Crippen LogP contribution in [0, 0.1) is 17.2 Å². The van der Waals surface area contributed by atoms with Crippen LogP contribution in [-0.2, 0) is 12.8 Å². The lowest BCUT2D eigenvalue weighted by Crippen LogP contribution is -1.94. The van der Waals surface area contributed by atoms with Gasteiger partial charge in [0.1, 0.15) is 0 Å². The van der Waals surface area contributed by atoms with E-state index in [1.54, 1.807) is 0 Å². The SMILES string of the molecule is CC(C)Cc1ccc(CCCCC#N)cc1. The first-order valence-electron chi connectivity index (χ1n) is 6.17. The van der Waals surface area contributed by atoms with E-state index < -0.39 is 0 Å². The minimum absolute atomic E-state index is 0.686. The molecule has 1 heteroatoms. The molecule has 0 N–H and O–H groups in total. The lowest BCUT2D eigenvalue weighted by atomic mass is 10.00. The van der Waals surface area contributed by atoms with E-state index in [2.05, 4.69) is 44.2 Å². The monoisotopic (exact) mass is 215 g/mol. The Kier molecular flexibility index (Phi) is 5.64. The van der Waals surface area contributed by atoms with Gasteiger partial charge in [-0.2, -0.15) is 5.26 Å². The van der Waals surface area contributed by atoms with E-state index in [-0.39, 0.29) is 0 Å². The van der Waals surface area contributed by atoms with Gasteiger partial charge >= 0.3 is 0 Å². The molecule has 0 radical (unpaired) electrons. The summed E-state index contributed by atoms with van der Waals surface area (Å²) < 4.78 is 0. The molecule has 0 saturated heterocycles. The summed E-state index contributed by atoms with van der Waals surface area (Å²) in [6.45, 7) is 4.49. The van der Waals surface area contributed by atoms with E-state index in [0.29, 0.717) is 6.42 Å². The number of unbranched alkanes of at least 4 members (excludes halogenated alkanes) is 2. The average molecular weight is 215 g/mol. The Labute approximate surface area is 99.1 Å². The molecule has 1 rings (SSSR count). The Bertz CT molecular complexity index is 329. The summed E-state index contributed by atoms with van der Waals surface area (Å²) >= 11 is 0. The molecule has 0 atom stereocenters. The first-order chi connectivity index (χ1) is 7.72. The van der Waals surface area contributed by atoms with Crippen LogP contribution >= 0.6 is 0 Å². The van der Waals surface area contributed by atoms with E-state index in [1.807, 2.05) is 0 Å². The van der Waals surface area contributed by atoms with Crippen LogP contribution in [-0.4, -0.2) is 0 Å². The maximum Gasteiger partial charge on any atom is 0.0621 e. The first-order valence-corrected chi connectivity index (χ1v) is 6.17. The Hall–Kier alpha value is -1.29. The first kappa shape index (κ1) is 12.8. The van der Waals surface area contributed by atoms with Gasteiger partial charge in [-0.3, -0.25) is 0 Å². The molecule has 0 aromatic heterocycles. The van der Waals surface area contributed by atoms with Crippen LogP contribution in [0.2, 0.25) is 0 Å². The molecule has 1 aromatic carbocycles. The zero-order valence-corrected chi connectivity index (χ0v) is 10.4. The lowest BCUT2D eigenvalue weighted by molar-refractivity contribution is 0.647. The molecule has 0 aliphatic carbocycles. The van der Waals surface area contributed by atoms with E-state index in [1.165, 1.54) is 11.1 Å². The van der Waals surface area contributed by atoms with E-state index in [0.717, 1.165) is 31.6 Å². The van der Waals surface area contributed by atoms with Gasteiger partial charge in [-0.25, -0.2) is 0 Å². The van der Waals surface area contributed by atoms with Crippen molar-refractivity contribution in [1.82, 2.24) is 0 Å². The van der Waals surface area contributed by atoms with Crippen LogP contribution in [0.1, 0.15) is 44.2 Å². The Morgan fingerprint density at radius 1 is 1.06 bits per heavy atom. The highest BCUT2D eigenvalue weighted by atomic mass is 14.2. The molecule has 0 saturated carbocycles. The largest absolute Gasteiger partial charge is 0.198 e. The molecule has 0 aliphatic heterocycles. The summed E-state index contributed by atoms with van der Waals surface area (Å²) in [6, 6.07) is 11.1. The van der Waals surface area contributed by atoms with Crippen molar-refractivity contribution in [3.63, 3.8) is 0 Å². The van der Waals surface area contributed by atoms with Gasteiger partial charge in [0.2, 0.25) is 0 Å². The van der Waals surface area contributed by atoms with E-state index >= 15 is 0 Å². The highest BCUT2D eigenvalue weighted by Gasteiger charge is 1.98. The molecule has 0 unspecified atom stereocenters. The zero-order valence-electron chi connectivity index (χ0n) is 10.4. The molecule has 1 nitrogen and oxygen atoms in total. The Morgan fingerprint density at radius 2 is 1.69 bits per heavy atom. The van der Waals surface area contributed by atoms with Crippen LogP contribution in [0.25, 0.3) is 0 Å². The third-order valence-corrected chi connectivity index (χ3v) is 2.67. The van der Waals surface area contributed by atoms with E-state index in [9.17, 15) is 0 Å². The smallest absolute Gasteiger partial charge is 0.0621 e. The number of hydrogen-bond donors (Lipinski definition) is 0. The van der Waals surface area contributed by atoms with Crippen molar-refractivity contribution in [3.05, 3.63) is 35.4 Å². The molecular formula is C15H21N. The second-order valence-corrected chi connectivity index (χ2v) is 4.78. The fourth-order valence-electron chi connectivity index (χ4n) is 1.85. The molecule has 0 spiro atoms. The Balaban J connectivity index is 2.37. The summed E-state index contributed by atoms with van der Waals surface area (Å²) in [5.41, 5.74) is 2.82. The number of nitriles is 1. The number of hydrogen-bond acceptors (Lipinski definition) is 1. The summed E-state index contributed by atoms with van der Waals surface area (Å²) in [6.07, 6.45) is 5.09. The molecule has 1 aromatic rings. The second-order valence-electron chi connectivity index (χ2n) is 4.78. The lowest BCUT2D eigenvalue weighted by Gasteiger charge is -2.06. The average Bonchev–Trinajstić information content (AvgIpc) is 2.26. The van der Waals surface area contributed by atoms with Gasteiger partial charge < -0.3 is 0 Å². The van der Waals surface area contributed by atoms with Crippen molar-refractivity contribution in [2.75, 3.05) is 0 Å². The number of benzene rings is 1. The highest BCUT2D eigenvalue weighted by molar-refractivity contribution is 5.22. The molecule has 0 aliphatic rings. The predicted octanol–water partition coefficient (Wildman–Crippen LogP) is 4.12.